The van der Waals surface area contributed by atoms with Crippen LogP contribution in [0.2, 0.25) is 0 Å². The summed E-state index contributed by atoms with van der Waals surface area (Å²) in [6, 6.07) is 0. The number of nitrogens with zero attached hydrogens (tertiary/aromatic N) is 1. The highest BCUT2D eigenvalue weighted by atomic mass is 16.5. The van der Waals surface area contributed by atoms with E-state index in [2.05, 4.69) is 5.32 Å². The topological polar surface area (TPSA) is 75.7 Å². The van der Waals surface area contributed by atoms with Crippen LogP contribution in [-0.2, 0) is 19.1 Å². The van der Waals surface area contributed by atoms with Gasteiger partial charge in [0.05, 0.1) is 13.0 Å². The van der Waals surface area contributed by atoms with Gasteiger partial charge in [0.15, 0.2) is 0 Å². The summed E-state index contributed by atoms with van der Waals surface area (Å²) in [6.45, 7) is 0.202. The molecule has 6 heteroatoms. The summed E-state index contributed by atoms with van der Waals surface area (Å²) in [7, 11) is 1.49. The Hall–Kier alpha value is -1.43. The maximum absolute atomic E-state index is 11.4. The third-order valence-corrected chi connectivity index (χ3v) is 1.82. The number of ether oxygens (including phenoxy) is 1. The maximum Gasteiger partial charge on any atom is 0.246 e. The van der Waals surface area contributed by atoms with Crippen molar-refractivity contribution in [2.45, 2.75) is 6.42 Å². The highest BCUT2D eigenvalue weighted by Crippen LogP contribution is 1.98. The number of nitrogens with one attached hydrogen (secondary N) is 1. The first-order chi connectivity index (χ1) is 6.63. The molecule has 1 saturated heterocycles. The Morgan fingerprint density at radius 2 is 2.00 bits per heavy atom. The molecule has 14 heavy (non-hydrogen) atoms. The Morgan fingerprint density at radius 3 is 2.50 bits per heavy atom. The molecule has 0 spiro atoms. The van der Waals surface area contributed by atoms with E-state index in [-0.39, 0.29) is 25.4 Å². The second-order valence-electron chi connectivity index (χ2n) is 2.96. The number of piperazine rings is 1. The van der Waals surface area contributed by atoms with E-state index in [9.17, 15) is 14.4 Å². The zero-order valence-electron chi connectivity index (χ0n) is 7.91. The van der Waals surface area contributed by atoms with Crippen molar-refractivity contribution in [3.8, 4) is 0 Å². The summed E-state index contributed by atoms with van der Waals surface area (Å²) in [5.41, 5.74) is 0. The lowest BCUT2D eigenvalue weighted by atomic mass is 10.3. The average molecular weight is 200 g/mol. The van der Waals surface area contributed by atoms with Gasteiger partial charge in [-0.2, -0.15) is 0 Å². The normalized spacial score (nSPS) is 16.8. The van der Waals surface area contributed by atoms with Gasteiger partial charge in [-0.15, -0.1) is 0 Å². The molecule has 0 atom stereocenters. The first kappa shape index (κ1) is 10.6. The average Bonchev–Trinajstić information content (AvgIpc) is 2.12. The summed E-state index contributed by atoms with van der Waals surface area (Å²) < 4.78 is 4.72. The molecule has 3 amide bonds. The van der Waals surface area contributed by atoms with Crippen LogP contribution in [0.4, 0.5) is 0 Å². The van der Waals surface area contributed by atoms with Gasteiger partial charge in [-0.25, -0.2) is 0 Å². The molecular weight excluding hydrogens is 188 g/mol. The van der Waals surface area contributed by atoms with Crippen molar-refractivity contribution in [2.75, 3.05) is 26.8 Å². The second-order valence-corrected chi connectivity index (χ2v) is 2.96. The monoisotopic (exact) mass is 200 g/mol. The zero-order chi connectivity index (χ0) is 10.6. The van der Waals surface area contributed by atoms with Crippen molar-refractivity contribution in [1.82, 2.24) is 10.2 Å². The highest BCUT2D eigenvalue weighted by molar-refractivity contribution is 6.02. The minimum Gasteiger partial charge on any atom is -0.384 e. The molecule has 1 heterocycles. The number of hydrogen-bond donors (Lipinski definition) is 1. The predicted molar refractivity (Wildman–Crippen MR) is 46.2 cm³/mol. The Balaban J connectivity index is 2.46. The quantitative estimate of drug-likeness (QED) is 0.563. The lowest BCUT2D eigenvalue weighted by Crippen LogP contribution is -2.53. The van der Waals surface area contributed by atoms with Gasteiger partial charge in [-0.1, -0.05) is 0 Å². The van der Waals surface area contributed by atoms with Gasteiger partial charge in [-0.3, -0.25) is 19.7 Å². The second kappa shape index (κ2) is 4.71. The van der Waals surface area contributed by atoms with Crippen LogP contribution in [0.5, 0.6) is 0 Å². The van der Waals surface area contributed by atoms with Gasteiger partial charge in [0, 0.05) is 7.11 Å². The molecule has 0 bridgehead atoms. The Kier molecular flexibility index (Phi) is 3.58. The van der Waals surface area contributed by atoms with Crippen LogP contribution < -0.4 is 5.32 Å². The number of carbonyl (C=O) groups excluding carboxylic acids is 3. The zero-order valence-corrected chi connectivity index (χ0v) is 7.91. The number of rotatable bonds is 3. The summed E-state index contributed by atoms with van der Waals surface area (Å²) in [6.07, 6.45) is 0.192. The minimum atomic E-state index is -0.438. The molecule has 0 unspecified atom stereocenters. The van der Waals surface area contributed by atoms with Crippen molar-refractivity contribution in [3.63, 3.8) is 0 Å². The molecule has 1 aliphatic heterocycles. The molecule has 1 aliphatic rings. The maximum atomic E-state index is 11.4. The molecule has 6 nitrogen and oxygen atoms in total. The van der Waals surface area contributed by atoms with E-state index in [4.69, 9.17) is 4.74 Å². The molecule has 0 saturated carbocycles. The number of imide groups is 1. The first-order valence-electron chi connectivity index (χ1n) is 4.23. The fourth-order valence-corrected chi connectivity index (χ4v) is 1.16. The fraction of sp³-hybridized carbons (Fsp3) is 0.625. The van der Waals surface area contributed by atoms with Gasteiger partial charge in [-0.05, 0) is 0 Å². The number of carbonyl (C=O) groups is 3. The molecule has 0 aliphatic carbocycles. The summed E-state index contributed by atoms with van der Waals surface area (Å²) in [5, 5.41) is 2.12. The van der Waals surface area contributed by atoms with Crippen molar-refractivity contribution in [3.05, 3.63) is 0 Å². The lowest BCUT2D eigenvalue weighted by molar-refractivity contribution is -0.145. The molecule has 0 aromatic carbocycles. The standard InChI is InChI=1S/C8H12N2O4/c1-14-3-2-8(13)10-4-6(11)9-7(12)5-10/h2-5H2,1H3,(H,9,11,12). The molecule has 0 aromatic rings. The van der Waals surface area contributed by atoms with Gasteiger partial charge in [0.25, 0.3) is 0 Å². The van der Waals surface area contributed by atoms with Crippen LogP contribution in [0.3, 0.4) is 0 Å². The van der Waals surface area contributed by atoms with E-state index in [1.165, 1.54) is 12.0 Å². The van der Waals surface area contributed by atoms with Gasteiger partial charge in [0.2, 0.25) is 17.7 Å². The van der Waals surface area contributed by atoms with Crippen LogP contribution in [0.15, 0.2) is 0 Å². The molecular formula is C8H12N2O4. The highest BCUT2D eigenvalue weighted by Gasteiger charge is 2.25. The number of methoxy groups -OCH3 is 1. The van der Waals surface area contributed by atoms with Crippen LogP contribution in [0.25, 0.3) is 0 Å². The van der Waals surface area contributed by atoms with E-state index in [1.807, 2.05) is 0 Å². The van der Waals surface area contributed by atoms with E-state index in [0.29, 0.717) is 6.61 Å². The molecule has 1 N–H and O–H groups in total. The van der Waals surface area contributed by atoms with Crippen LogP contribution in [-0.4, -0.2) is 49.4 Å². The van der Waals surface area contributed by atoms with Crippen LogP contribution >= 0.6 is 0 Å². The summed E-state index contributed by atoms with van der Waals surface area (Å²) >= 11 is 0. The summed E-state index contributed by atoms with van der Waals surface area (Å²) in [4.78, 5) is 34.4. The smallest absolute Gasteiger partial charge is 0.246 e. The van der Waals surface area contributed by atoms with Crippen molar-refractivity contribution in [2.24, 2.45) is 0 Å². The molecule has 0 radical (unpaired) electrons. The van der Waals surface area contributed by atoms with E-state index >= 15 is 0 Å². The summed E-state index contributed by atoms with van der Waals surface area (Å²) in [5.74, 6) is -1.12. The van der Waals surface area contributed by atoms with Gasteiger partial charge >= 0.3 is 0 Å². The van der Waals surface area contributed by atoms with Gasteiger partial charge in [0.1, 0.15) is 13.1 Å². The third kappa shape index (κ3) is 2.81. The van der Waals surface area contributed by atoms with E-state index in [0.717, 1.165) is 0 Å². The molecule has 78 valence electrons. The van der Waals surface area contributed by atoms with Crippen LogP contribution in [0.1, 0.15) is 6.42 Å². The minimum absolute atomic E-state index is 0.0473. The third-order valence-electron chi connectivity index (χ3n) is 1.82. The van der Waals surface area contributed by atoms with E-state index < -0.39 is 11.8 Å². The van der Waals surface area contributed by atoms with Crippen molar-refractivity contribution in [1.29, 1.82) is 0 Å². The molecule has 1 fully saturated rings. The first-order valence-corrected chi connectivity index (χ1v) is 4.23. The van der Waals surface area contributed by atoms with Crippen molar-refractivity contribution < 1.29 is 19.1 Å². The SMILES string of the molecule is COCCC(=O)N1CC(=O)NC(=O)C1. The largest absolute Gasteiger partial charge is 0.384 e. The molecule has 0 aromatic heterocycles. The Labute approximate surface area is 81.2 Å². The van der Waals surface area contributed by atoms with E-state index in [1.54, 1.807) is 0 Å². The van der Waals surface area contributed by atoms with Crippen molar-refractivity contribution >= 4 is 17.7 Å². The Bertz CT molecular complexity index is 248. The lowest BCUT2D eigenvalue weighted by Gasteiger charge is -2.25. The van der Waals surface area contributed by atoms with Gasteiger partial charge < -0.3 is 9.64 Å². The fourth-order valence-electron chi connectivity index (χ4n) is 1.16. The predicted octanol–water partition coefficient (Wildman–Crippen LogP) is -1.49. The van der Waals surface area contributed by atoms with Crippen LogP contribution in [0, 0.1) is 0 Å². The molecule has 1 rings (SSSR count). The Morgan fingerprint density at radius 1 is 1.43 bits per heavy atom. The number of hydrogen-bond acceptors (Lipinski definition) is 4. The number of amides is 3.